The number of aliphatic carboxylic acids is 1. The van der Waals surface area contributed by atoms with E-state index in [9.17, 15) is 9.18 Å². The van der Waals surface area contributed by atoms with Gasteiger partial charge in [0.1, 0.15) is 12.4 Å². The average molecular weight is 276 g/mol. The lowest BCUT2D eigenvalue weighted by Crippen LogP contribution is -2.13. The number of carboxylic acid groups (broad SMARTS) is 1. The molecule has 0 atom stereocenters. The normalized spacial score (nSPS) is 11.1. The number of aromatic nitrogens is 2. The highest BCUT2D eigenvalue weighted by Crippen LogP contribution is 2.25. The molecule has 0 fully saturated rings. The number of carbonyl (C=O) groups is 1. The third-order valence-corrected chi connectivity index (χ3v) is 3.14. The van der Waals surface area contributed by atoms with E-state index in [0.717, 1.165) is 11.3 Å². The van der Waals surface area contributed by atoms with Gasteiger partial charge in [-0.1, -0.05) is 13.8 Å². The van der Waals surface area contributed by atoms with Crippen molar-refractivity contribution in [2.45, 2.75) is 33.2 Å². The van der Waals surface area contributed by atoms with Crippen molar-refractivity contribution in [1.29, 1.82) is 0 Å². The molecular formula is C15H17FN2O2. The zero-order chi connectivity index (χ0) is 14.9. The number of nitrogens with zero attached hydrogens (tertiary/aromatic N) is 2. The van der Waals surface area contributed by atoms with Crippen molar-refractivity contribution >= 4 is 5.97 Å². The Morgan fingerprint density at radius 2 is 2.10 bits per heavy atom. The zero-order valence-electron chi connectivity index (χ0n) is 11.7. The first-order chi connectivity index (χ1) is 9.38. The molecule has 1 aromatic carbocycles. The summed E-state index contributed by atoms with van der Waals surface area (Å²) in [7, 11) is 0. The summed E-state index contributed by atoms with van der Waals surface area (Å²) >= 11 is 0. The quantitative estimate of drug-likeness (QED) is 0.933. The van der Waals surface area contributed by atoms with E-state index in [1.165, 1.54) is 10.7 Å². The molecule has 0 aliphatic carbocycles. The van der Waals surface area contributed by atoms with E-state index in [0.29, 0.717) is 11.3 Å². The lowest BCUT2D eigenvalue weighted by molar-refractivity contribution is -0.137. The van der Waals surface area contributed by atoms with Crippen molar-refractivity contribution in [3.63, 3.8) is 0 Å². The average Bonchev–Trinajstić information content (AvgIpc) is 2.76. The second-order valence-corrected chi connectivity index (χ2v) is 5.12. The Balaban J connectivity index is 2.46. The van der Waals surface area contributed by atoms with Crippen LogP contribution in [0.25, 0.3) is 11.3 Å². The molecule has 20 heavy (non-hydrogen) atoms. The fraction of sp³-hybridized carbons (Fsp3) is 0.333. The molecule has 0 aliphatic rings. The molecule has 0 saturated carbocycles. The Morgan fingerprint density at radius 1 is 1.40 bits per heavy atom. The summed E-state index contributed by atoms with van der Waals surface area (Å²) in [5.74, 6) is -1.03. The summed E-state index contributed by atoms with van der Waals surface area (Å²) in [5.41, 5.74) is 2.85. The Morgan fingerprint density at radius 3 is 2.65 bits per heavy atom. The van der Waals surface area contributed by atoms with Gasteiger partial charge in [0.15, 0.2) is 0 Å². The largest absolute Gasteiger partial charge is 0.480 e. The molecule has 0 amide bonds. The maximum atomic E-state index is 13.3. The van der Waals surface area contributed by atoms with Crippen LogP contribution < -0.4 is 0 Å². The van der Waals surface area contributed by atoms with E-state index < -0.39 is 5.97 Å². The first-order valence-corrected chi connectivity index (χ1v) is 6.44. The van der Waals surface area contributed by atoms with Gasteiger partial charge >= 0.3 is 5.97 Å². The van der Waals surface area contributed by atoms with E-state index in [1.54, 1.807) is 19.1 Å². The molecule has 0 unspecified atom stereocenters. The van der Waals surface area contributed by atoms with Crippen molar-refractivity contribution < 1.29 is 14.3 Å². The van der Waals surface area contributed by atoms with Crippen LogP contribution in [0.2, 0.25) is 0 Å². The summed E-state index contributed by atoms with van der Waals surface area (Å²) in [6.45, 7) is 5.48. The summed E-state index contributed by atoms with van der Waals surface area (Å²) in [6.07, 6.45) is 0. The molecule has 0 spiro atoms. The maximum Gasteiger partial charge on any atom is 0.325 e. The molecule has 4 nitrogen and oxygen atoms in total. The highest BCUT2D eigenvalue weighted by molar-refractivity contribution is 5.67. The van der Waals surface area contributed by atoms with Crippen LogP contribution >= 0.6 is 0 Å². The fourth-order valence-corrected chi connectivity index (χ4v) is 2.10. The third-order valence-electron chi connectivity index (χ3n) is 3.14. The number of aryl methyl sites for hydroxylation is 1. The van der Waals surface area contributed by atoms with Gasteiger partial charge in [-0.2, -0.15) is 5.10 Å². The van der Waals surface area contributed by atoms with E-state index in [1.807, 2.05) is 19.9 Å². The van der Waals surface area contributed by atoms with Gasteiger partial charge in [0.05, 0.1) is 5.69 Å². The van der Waals surface area contributed by atoms with Crippen LogP contribution in [0, 0.1) is 12.7 Å². The minimum atomic E-state index is -0.933. The van der Waals surface area contributed by atoms with Crippen LogP contribution in [-0.4, -0.2) is 20.9 Å². The van der Waals surface area contributed by atoms with Gasteiger partial charge in [0.25, 0.3) is 0 Å². The van der Waals surface area contributed by atoms with Crippen LogP contribution in [0.5, 0.6) is 0 Å². The van der Waals surface area contributed by atoms with Crippen molar-refractivity contribution in [3.05, 3.63) is 41.3 Å². The molecule has 106 valence electrons. The van der Waals surface area contributed by atoms with E-state index in [2.05, 4.69) is 5.10 Å². The number of carboxylic acids is 1. The van der Waals surface area contributed by atoms with Gasteiger partial charge < -0.3 is 5.11 Å². The number of halogens is 1. The van der Waals surface area contributed by atoms with Gasteiger partial charge in [-0.05, 0) is 42.7 Å². The molecule has 1 aromatic heterocycles. The van der Waals surface area contributed by atoms with E-state index in [4.69, 9.17) is 5.11 Å². The second-order valence-electron chi connectivity index (χ2n) is 5.12. The fourth-order valence-electron chi connectivity index (χ4n) is 2.10. The van der Waals surface area contributed by atoms with Gasteiger partial charge in [0, 0.05) is 11.3 Å². The lowest BCUT2D eigenvalue weighted by atomic mass is 10.1. The first kappa shape index (κ1) is 14.2. The number of rotatable bonds is 4. The Kier molecular flexibility index (Phi) is 3.88. The van der Waals surface area contributed by atoms with Gasteiger partial charge in [-0.15, -0.1) is 0 Å². The molecule has 0 saturated heterocycles. The smallest absolute Gasteiger partial charge is 0.325 e. The van der Waals surface area contributed by atoms with Crippen molar-refractivity contribution in [2.24, 2.45) is 0 Å². The standard InChI is InChI=1S/C15H17FN2O2/c1-9(2)14-7-13(17-18(14)8-15(19)20)11-4-5-12(16)10(3)6-11/h4-7,9H,8H2,1-3H3,(H,19,20). The molecule has 1 N–H and O–H groups in total. The SMILES string of the molecule is Cc1cc(-c2cc(C(C)C)n(CC(=O)O)n2)ccc1F. The minimum absolute atomic E-state index is 0.164. The van der Waals surface area contributed by atoms with Gasteiger partial charge in [-0.3, -0.25) is 9.48 Å². The van der Waals surface area contributed by atoms with Crippen molar-refractivity contribution in [3.8, 4) is 11.3 Å². The van der Waals surface area contributed by atoms with Gasteiger partial charge in [0.2, 0.25) is 0 Å². The van der Waals surface area contributed by atoms with Crippen LogP contribution in [0.1, 0.15) is 31.0 Å². The number of hydrogen-bond donors (Lipinski definition) is 1. The number of hydrogen-bond acceptors (Lipinski definition) is 2. The van der Waals surface area contributed by atoms with E-state index in [-0.39, 0.29) is 18.3 Å². The first-order valence-electron chi connectivity index (χ1n) is 6.44. The van der Waals surface area contributed by atoms with Crippen molar-refractivity contribution in [2.75, 3.05) is 0 Å². The molecule has 0 bridgehead atoms. The molecule has 2 rings (SSSR count). The molecule has 2 aromatic rings. The van der Waals surface area contributed by atoms with Crippen LogP contribution in [0.4, 0.5) is 4.39 Å². The Bertz CT molecular complexity index is 647. The monoisotopic (exact) mass is 276 g/mol. The summed E-state index contributed by atoms with van der Waals surface area (Å²) in [6, 6.07) is 6.63. The molecule has 5 heteroatoms. The Labute approximate surface area is 116 Å². The second kappa shape index (κ2) is 5.45. The predicted molar refractivity (Wildman–Crippen MR) is 74.1 cm³/mol. The third kappa shape index (κ3) is 2.87. The summed E-state index contributed by atoms with van der Waals surface area (Å²) in [4.78, 5) is 10.9. The maximum absolute atomic E-state index is 13.3. The van der Waals surface area contributed by atoms with E-state index >= 15 is 0 Å². The summed E-state index contributed by atoms with van der Waals surface area (Å²) in [5, 5.41) is 13.2. The summed E-state index contributed by atoms with van der Waals surface area (Å²) < 4.78 is 14.8. The number of benzene rings is 1. The van der Waals surface area contributed by atoms with Crippen LogP contribution in [0.15, 0.2) is 24.3 Å². The molecule has 1 heterocycles. The Hall–Kier alpha value is -2.17. The van der Waals surface area contributed by atoms with Crippen LogP contribution in [-0.2, 0) is 11.3 Å². The van der Waals surface area contributed by atoms with Crippen molar-refractivity contribution in [1.82, 2.24) is 9.78 Å². The van der Waals surface area contributed by atoms with Gasteiger partial charge in [-0.25, -0.2) is 4.39 Å². The molecule has 0 radical (unpaired) electrons. The zero-order valence-corrected chi connectivity index (χ0v) is 11.7. The highest BCUT2D eigenvalue weighted by atomic mass is 19.1. The highest BCUT2D eigenvalue weighted by Gasteiger charge is 2.15. The minimum Gasteiger partial charge on any atom is -0.480 e. The van der Waals surface area contributed by atoms with Crippen LogP contribution in [0.3, 0.4) is 0 Å². The molecule has 0 aliphatic heterocycles. The lowest BCUT2D eigenvalue weighted by Gasteiger charge is -2.06. The topological polar surface area (TPSA) is 55.1 Å². The predicted octanol–water partition coefficient (Wildman–Crippen LogP) is 3.21. The molecular weight excluding hydrogens is 259 g/mol.